The number of benzene rings is 2. The predicted octanol–water partition coefficient (Wildman–Crippen LogP) is 3.51. The molecule has 1 aliphatic rings. The highest BCUT2D eigenvalue weighted by atomic mass is 79.9. The maximum atomic E-state index is 12.2. The minimum Gasteiger partial charge on any atom is -0.442 e. The van der Waals surface area contributed by atoms with Crippen LogP contribution in [-0.4, -0.2) is 31.2 Å². The van der Waals surface area contributed by atoms with E-state index in [0.29, 0.717) is 12.1 Å². The third-order valence-corrected chi connectivity index (χ3v) is 4.49. The van der Waals surface area contributed by atoms with E-state index in [0.717, 1.165) is 15.7 Å². The zero-order valence-electron chi connectivity index (χ0n) is 13.2. The molecule has 0 saturated carbocycles. The molecule has 0 aliphatic carbocycles. The molecule has 2 aromatic rings. The second-order valence-corrected chi connectivity index (χ2v) is 6.50. The number of rotatable bonds is 4. The highest BCUT2D eigenvalue weighted by Crippen LogP contribution is 2.22. The number of nitrogens with zero attached hydrogens (tertiary/aromatic N) is 1. The first-order valence-electron chi connectivity index (χ1n) is 7.62. The number of aryl methyl sites for hydroxylation is 1. The summed E-state index contributed by atoms with van der Waals surface area (Å²) in [6, 6.07) is 14.9. The molecule has 1 aliphatic heterocycles. The summed E-state index contributed by atoms with van der Waals surface area (Å²) in [6.07, 6.45) is -0.759. The number of hydrogen-bond acceptors (Lipinski definition) is 3. The molecule has 0 aromatic heterocycles. The number of cyclic esters (lactones) is 1. The highest BCUT2D eigenvalue weighted by molar-refractivity contribution is 9.10. The topological polar surface area (TPSA) is 58.6 Å². The van der Waals surface area contributed by atoms with E-state index in [4.69, 9.17) is 4.74 Å². The minimum atomic E-state index is -0.388. The number of carbonyl (C=O) groups is 2. The summed E-state index contributed by atoms with van der Waals surface area (Å²) in [5, 5.41) is 2.81. The second kappa shape index (κ2) is 7.05. The molecule has 1 atom stereocenters. The van der Waals surface area contributed by atoms with E-state index in [1.165, 1.54) is 0 Å². The molecule has 1 N–H and O–H groups in total. The summed E-state index contributed by atoms with van der Waals surface area (Å²) in [4.78, 5) is 25.8. The van der Waals surface area contributed by atoms with Crippen molar-refractivity contribution < 1.29 is 14.3 Å². The van der Waals surface area contributed by atoms with Gasteiger partial charge < -0.3 is 10.1 Å². The lowest BCUT2D eigenvalue weighted by Gasteiger charge is -2.13. The van der Waals surface area contributed by atoms with Crippen molar-refractivity contribution in [2.75, 3.05) is 18.0 Å². The van der Waals surface area contributed by atoms with Crippen LogP contribution in [-0.2, 0) is 4.74 Å². The summed E-state index contributed by atoms with van der Waals surface area (Å²) in [7, 11) is 0. The smallest absolute Gasteiger partial charge is 0.414 e. The number of halogens is 1. The van der Waals surface area contributed by atoms with Crippen molar-refractivity contribution in [1.82, 2.24) is 5.32 Å². The van der Waals surface area contributed by atoms with Gasteiger partial charge in [-0.15, -0.1) is 0 Å². The molecule has 1 heterocycles. The van der Waals surface area contributed by atoms with E-state index >= 15 is 0 Å². The van der Waals surface area contributed by atoms with Gasteiger partial charge in [-0.25, -0.2) is 4.79 Å². The van der Waals surface area contributed by atoms with Gasteiger partial charge >= 0.3 is 6.09 Å². The van der Waals surface area contributed by atoms with Crippen molar-refractivity contribution in [3.8, 4) is 0 Å². The van der Waals surface area contributed by atoms with Crippen molar-refractivity contribution in [2.24, 2.45) is 0 Å². The molecule has 0 radical (unpaired) electrons. The minimum absolute atomic E-state index is 0.201. The maximum absolute atomic E-state index is 12.2. The van der Waals surface area contributed by atoms with Crippen LogP contribution in [0.25, 0.3) is 0 Å². The molecule has 124 valence electrons. The molecular weight excluding hydrogens is 372 g/mol. The normalized spacial score (nSPS) is 16.8. The third-order valence-electron chi connectivity index (χ3n) is 3.80. The molecule has 0 bridgehead atoms. The average Bonchev–Trinajstić information content (AvgIpc) is 2.94. The first kappa shape index (κ1) is 16.5. The summed E-state index contributed by atoms with van der Waals surface area (Å²) in [5.74, 6) is -0.201. The number of ether oxygens (including phenoxy) is 1. The molecule has 1 unspecified atom stereocenters. The lowest BCUT2D eigenvalue weighted by Crippen LogP contribution is -2.34. The molecule has 2 amide bonds. The van der Waals surface area contributed by atoms with Crippen molar-refractivity contribution >= 4 is 33.6 Å². The Morgan fingerprint density at radius 1 is 1.29 bits per heavy atom. The van der Waals surface area contributed by atoms with Gasteiger partial charge in [0.25, 0.3) is 5.91 Å². The van der Waals surface area contributed by atoms with Gasteiger partial charge in [-0.05, 0) is 52.7 Å². The Balaban J connectivity index is 1.61. The summed E-state index contributed by atoms with van der Waals surface area (Å²) in [6.45, 7) is 2.66. The van der Waals surface area contributed by atoms with Crippen LogP contribution in [0.2, 0.25) is 0 Å². The van der Waals surface area contributed by atoms with E-state index in [9.17, 15) is 9.59 Å². The lowest BCUT2D eigenvalue weighted by atomic mass is 10.2. The Kier molecular flexibility index (Phi) is 4.85. The molecule has 0 spiro atoms. The zero-order valence-corrected chi connectivity index (χ0v) is 14.7. The SMILES string of the molecule is Cc1cccc(N2CC(CNC(=O)c3ccccc3Br)OC2=O)c1. The van der Waals surface area contributed by atoms with Gasteiger partial charge in [0, 0.05) is 10.2 Å². The van der Waals surface area contributed by atoms with Crippen molar-refractivity contribution in [3.63, 3.8) is 0 Å². The lowest BCUT2D eigenvalue weighted by molar-refractivity contribution is 0.0915. The van der Waals surface area contributed by atoms with E-state index in [2.05, 4.69) is 21.2 Å². The number of nitrogens with one attached hydrogen (secondary N) is 1. The fourth-order valence-electron chi connectivity index (χ4n) is 2.58. The molecule has 6 heteroatoms. The number of anilines is 1. The summed E-state index contributed by atoms with van der Waals surface area (Å²) >= 11 is 3.35. The number of carbonyl (C=O) groups excluding carboxylic acids is 2. The summed E-state index contributed by atoms with van der Waals surface area (Å²) in [5.41, 5.74) is 2.43. The largest absolute Gasteiger partial charge is 0.442 e. The van der Waals surface area contributed by atoms with Gasteiger partial charge in [-0.2, -0.15) is 0 Å². The van der Waals surface area contributed by atoms with Gasteiger partial charge in [0.1, 0.15) is 6.10 Å². The molecule has 1 fully saturated rings. The number of hydrogen-bond donors (Lipinski definition) is 1. The third kappa shape index (κ3) is 3.59. The fraction of sp³-hybridized carbons (Fsp3) is 0.222. The van der Waals surface area contributed by atoms with E-state index in [1.807, 2.05) is 43.3 Å². The van der Waals surface area contributed by atoms with Gasteiger partial charge in [-0.1, -0.05) is 24.3 Å². The van der Waals surface area contributed by atoms with Gasteiger partial charge in [0.2, 0.25) is 0 Å². The van der Waals surface area contributed by atoms with Gasteiger partial charge in [-0.3, -0.25) is 9.69 Å². The van der Waals surface area contributed by atoms with E-state index in [-0.39, 0.29) is 24.6 Å². The first-order valence-corrected chi connectivity index (χ1v) is 8.41. The van der Waals surface area contributed by atoms with Crippen LogP contribution in [0.4, 0.5) is 10.5 Å². The van der Waals surface area contributed by atoms with Crippen LogP contribution in [0.3, 0.4) is 0 Å². The standard InChI is InChI=1S/C18H17BrN2O3/c1-12-5-4-6-13(9-12)21-11-14(24-18(21)23)10-20-17(22)15-7-2-3-8-16(15)19/h2-9,14H,10-11H2,1H3,(H,20,22). The maximum Gasteiger partial charge on any atom is 0.414 e. The number of amides is 2. The van der Waals surface area contributed by atoms with Gasteiger partial charge in [0.05, 0.1) is 18.7 Å². The molecular formula is C18H17BrN2O3. The Labute approximate surface area is 148 Å². The molecule has 5 nitrogen and oxygen atoms in total. The van der Waals surface area contributed by atoms with Crippen molar-refractivity contribution in [2.45, 2.75) is 13.0 Å². The second-order valence-electron chi connectivity index (χ2n) is 5.65. The van der Waals surface area contributed by atoms with Crippen LogP contribution < -0.4 is 10.2 Å². The average molecular weight is 389 g/mol. The first-order chi connectivity index (χ1) is 11.5. The highest BCUT2D eigenvalue weighted by Gasteiger charge is 2.32. The van der Waals surface area contributed by atoms with Crippen LogP contribution in [0.5, 0.6) is 0 Å². The van der Waals surface area contributed by atoms with Crippen molar-refractivity contribution in [1.29, 1.82) is 0 Å². The molecule has 3 rings (SSSR count). The molecule has 1 saturated heterocycles. The van der Waals surface area contributed by atoms with Gasteiger partial charge in [0.15, 0.2) is 0 Å². The van der Waals surface area contributed by atoms with Crippen LogP contribution >= 0.6 is 15.9 Å². The van der Waals surface area contributed by atoms with E-state index < -0.39 is 0 Å². The Bertz CT molecular complexity index is 778. The monoisotopic (exact) mass is 388 g/mol. The Hall–Kier alpha value is -2.34. The van der Waals surface area contributed by atoms with Crippen molar-refractivity contribution in [3.05, 3.63) is 64.1 Å². The summed E-state index contributed by atoms with van der Waals surface area (Å²) < 4.78 is 6.07. The quantitative estimate of drug-likeness (QED) is 0.871. The fourth-order valence-corrected chi connectivity index (χ4v) is 3.05. The van der Waals surface area contributed by atoms with Crippen LogP contribution in [0.1, 0.15) is 15.9 Å². The Morgan fingerprint density at radius 2 is 2.08 bits per heavy atom. The van der Waals surface area contributed by atoms with Crippen LogP contribution in [0.15, 0.2) is 53.0 Å². The molecule has 2 aromatic carbocycles. The predicted molar refractivity (Wildman–Crippen MR) is 95.3 cm³/mol. The zero-order chi connectivity index (χ0) is 17.1. The molecule has 24 heavy (non-hydrogen) atoms. The van der Waals surface area contributed by atoms with Crippen LogP contribution in [0, 0.1) is 6.92 Å². The van der Waals surface area contributed by atoms with E-state index in [1.54, 1.807) is 17.0 Å². The Morgan fingerprint density at radius 3 is 2.83 bits per heavy atom.